The van der Waals surface area contributed by atoms with Gasteiger partial charge >= 0.3 is 0 Å². The highest BCUT2D eigenvalue weighted by Gasteiger charge is 2.35. The van der Waals surface area contributed by atoms with Crippen LogP contribution in [0.1, 0.15) is 28.4 Å². The van der Waals surface area contributed by atoms with Crippen molar-refractivity contribution in [3.05, 3.63) is 95.1 Å². The summed E-state index contributed by atoms with van der Waals surface area (Å²) in [5.41, 5.74) is 9.96. The summed E-state index contributed by atoms with van der Waals surface area (Å²) in [6.07, 6.45) is 0.423. The molecule has 0 spiro atoms. The average molecular weight is 320 g/mol. The number of benzene rings is 4. The zero-order chi connectivity index (χ0) is 16.5. The molecule has 1 nitrogen and oxygen atoms in total. The van der Waals surface area contributed by atoms with E-state index in [1.165, 1.54) is 44.2 Å². The van der Waals surface area contributed by atoms with Crippen LogP contribution in [0, 0.1) is 0 Å². The summed E-state index contributed by atoms with van der Waals surface area (Å²) in [6.45, 7) is 0. The average Bonchev–Trinajstić information content (AvgIpc) is 3.19. The molecule has 0 saturated carbocycles. The second-order valence-corrected chi connectivity index (χ2v) is 7.01. The van der Waals surface area contributed by atoms with Crippen LogP contribution in [0.3, 0.4) is 0 Å². The van der Waals surface area contributed by atoms with Crippen LogP contribution in [0.25, 0.3) is 33.0 Å². The summed E-state index contributed by atoms with van der Waals surface area (Å²) in [4.78, 5) is 0. The summed E-state index contributed by atoms with van der Waals surface area (Å²) < 4.78 is 0. The smallest absolute Gasteiger partial charge is 0.106 e. The first-order valence-electron chi connectivity index (χ1n) is 8.77. The lowest BCUT2D eigenvalue weighted by molar-refractivity contribution is 0.226. The Morgan fingerprint density at radius 1 is 0.680 bits per heavy atom. The molecule has 0 fully saturated rings. The van der Waals surface area contributed by atoms with E-state index in [1.807, 2.05) is 6.07 Å². The Hall–Kier alpha value is -2.90. The van der Waals surface area contributed by atoms with Crippen LogP contribution >= 0.6 is 0 Å². The van der Waals surface area contributed by atoms with E-state index < -0.39 is 6.10 Å². The first-order chi connectivity index (χ1) is 12.3. The lowest BCUT2D eigenvalue weighted by Crippen LogP contribution is -1.97. The van der Waals surface area contributed by atoms with Crippen LogP contribution in [0.5, 0.6) is 0 Å². The molecular weight excluding hydrogens is 304 g/mol. The molecule has 0 amide bonds. The number of fused-ring (bicyclic) bond motifs is 10. The Morgan fingerprint density at radius 2 is 1.36 bits per heavy atom. The van der Waals surface area contributed by atoms with Gasteiger partial charge in [-0.3, -0.25) is 0 Å². The van der Waals surface area contributed by atoms with Gasteiger partial charge in [0.2, 0.25) is 0 Å². The standard InChI is InChI=1S/C24H16O/c25-24-19-12-6-5-11-18(19)22-21-15-8-2-1-7-14(15)13-20(21)16-9-3-4-10-17(16)23(22)24/h1-12,24-25H,13H2. The third kappa shape index (κ3) is 1.57. The summed E-state index contributed by atoms with van der Waals surface area (Å²) >= 11 is 0. The highest BCUT2D eigenvalue weighted by molar-refractivity contribution is 6.08. The van der Waals surface area contributed by atoms with Gasteiger partial charge in [0.05, 0.1) is 0 Å². The van der Waals surface area contributed by atoms with Crippen LogP contribution in [0.15, 0.2) is 72.8 Å². The van der Waals surface area contributed by atoms with E-state index in [4.69, 9.17) is 0 Å². The molecule has 118 valence electrons. The van der Waals surface area contributed by atoms with Crippen LogP contribution < -0.4 is 0 Å². The Morgan fingerprint density at radius 3 is 2.24 bits per heavy atom. The van der Waals surface area contributed by atoms with E-state index in [2.05, 4.69) is 66.7 Å². The van der Waals surface area contributed by atoms with Gasteiger partial charge in [0, 0.05) is 5.56 Å². The predicted octanol–water partition coefficient (Wildman–Crippen LogP) is 5.47. The number of aliphatic hydroxyl groups excluding tert-OH is 1. The Labute approximate surface area is 146 Å². The van der Waals surface area contributed by atoms with Crippen molar-refractivity contribution >= 4 is 10.8 Å². The molecule has 0 heterocycles. The summed E-state index contributed by atoms with van der Waals surface area (Å²) in [5.74, 6) is 0. The normalized spacial score (nSPS) is 16.4. The van der Waals surface area contributed by atoms with Crippen molar-refractivity contribution in [2.45, 2.75) is 12.5 Å². The second-order valence-electron chi connectivity index (χ2n) is 7.01. The molecule has 6 rings (SSSR count). The van der Waals surface area contributed by atoms with Gasteiger partial charge in [-0.15, -0.1) is 0 Å². The second kappa shape index (κ2) is 4.59. The Balaban J connectivity index is 1.87. The molecule has 2 aliphatic rings. The first kappa shape index (κ1) is 13.4. The molecule has 4 aromatic carbocycles. The van der Waals surface area contributed by atoms with Gasteiger partial charge in [0.1, 0.15) is 6.10 Å². The number of aliphatic hydroxyl groups is 1. The van der Waals surface area contributed by atoms with E-state index >= 15 is 0 Å². The van der Waals surface area contributed by atoms with E-state index in [9.17, 15) is 5.11 Å². The zero-order valence-corrected chi connectivity index (χ0v) is 13.7. The van der Waals surface area contributed by atoms with E-state index in [0.717, 1.165) is 17.5 Å². The van der Waals surface area contributed by atoms with Gasteiger partial charge in [-0.1, -0.05) is 72.8 Å². The van der Waals surface area contributed by atoms with E-state index in [0.29, 0.717) is 0 Å². The first-order valence-corrected chi connectivity index (χ1v) is 8.77. The third-order valence-corrected chi connectivity index (χ3v) is 5.82. The molecule has 0 radical (unpaired) electrons. The summed E-state index contributed by atoms with van der Waals surface area (Å²) in [7, 11) is 0. The van der Waals surface area contributed by atoms with Crippen molar-refractivity contribution in [2.75, 3.05) is 0 Å². The molecular formula is C24H16O. The highest BCUT2D eigenvalue weighted by Crippen LogP contribution is 2.55. The van der Waals surface area contributed by atoms with Crippen molar-refractivity contribution < 1.29 is 5.11 Å². The maximum Gasteiger partial charge on any atom is 0.106 e. The largest absolute Gasteiger partial charge is 0.384 e. The van der Waals surface area contributed by atoms with Gasteiger partial charge in [-0.05, 0) is 56.1 Å². The molecule has 1 unspecified atom stereocenters. The molecule has 0 saturated heterocycles. The fourth-order valence-electron chi connectivity index (χ4n) is 4.81. The van der Waals surface area contributed by atoms with Gasteiger partial charge < -0.3 is 5.11 Å². The maximum atomic E-state index is 11.1. The minimum absolute atomic E-state index is 0.547. The van der Waals surface area contributed by atoms with Gasteiger partial charge in [-0.25, -0.2) is 0 Å². The maximum absolute atomic E-state index is 11.1. The van der Waals surface area contributed by atoms with Crippen molar-refractivity contribution in [2.24, 2.45) is 0 Å². The number of hydrogen-bond acceptors (Lipinski definition) is 1. The van der Waals surface area contributed by atoms with Crippen molar-refractivity contribution in [3.8, 4) is 22.3 Å². The number of rotatable bonds is 0. The van der Waals surface area contributed by atoms with Crippen molar-refractivity contribution in [1.82, 2.24) is 0 Å². The predicted molar refractivity (Wildman–Crippen MR) is 102 cm³/mol. The van der Waals surface area contributed by atoms with Gasteiger partial charge in [0.25, 0.3) is 0 Å². The summed E-state index contributed by atoms with van der Waals surface area (Å²) in [6, 6.07) is 25.5. The molecule has 0 aromatic heterocycles. The fraction of sp³-hybridized carbons (Fsp3) is 0.0833. The molecule has 4 aromatic rings. The van der Waals surface area contributed by atoms with E-state index in [-0.39, 0.29) is 0 Å². The van der Waals surface area contributed by atoms with Crippen LogP contribution in [0.2, 0.25) is 0 Å². The van der Waals surface area contributed by atoms with Crippen LogP contribution in [0.4, 0.5) is 0 Å². The van der Waals surface area contributed by atoms with Crippen molar-refractivity contribution in [1.29, 1.82) is 0 Å². The lowest BCUT2D eigenvalue weighted by atomic mass is 9.88. The Bertz CT molecular complexity index is 1190. The van der Waals surface area contributed by atoms with Crippen LogP contribution in [-0.4, -0.2) is 5.11 Å². The molecule has 0 bridgehead atoms. The lowest BCUT2D eigenvalue weighted by Gasteiger charge is -2.16. The van der Waals surface area contributed by atoms with Crippen LogP contribution in [-0.2, 0) is 6.42 Å². The molecule has 1 atom stereocenters. The molecule has 0 aliphatic heterocycles. The zero-order valence-electron chi connectivity index (χ0n) is 13.7. The van der Waals surface area contributed by atoms with Gasteiger partial charge in [0.15, 0.2) is 0 Å². The third-order valence-electron chi connectivity index (χ3n) is 5.82. The van der Waals surface area contributed by atoms with E-state index in [1.54, 1.807) is 0 Å². The minimum Gasteiger partial charge on any atom is -0.384 e. The molecule has 25 heavy (non-hydrogen) atoms. The fourth-order valence-corrected chi connectivity index (χ4v) is 4.81. The number of hydrogen-bond donors (Lipinski definition) is 1. The molecule has 1 N–H and O–H groups in total. The SMILES string of the molecule is OC1c2ccccc2-c2c3c(c4ccccc4c21)Cc1ccccc1-3. The minimum atomic E-state index is -0.547. The van der Waals surface area contributed by atoms with Crippen molar-refractivity contribution in [3.63, 3.8) is 0 Å². The highest BCUT2D eigenvalue weighted by atomic mass is 16.3. The Kier molecular flexibility index (Phi) is 2.46. The molecule has 2 aliphatic carbocycles. The quantitative estimate of drug-likeness (QED) is 0.401. The van der Waals surface area contributed by atoms with Gasteiger partial charge in [-0.2, -0.15) is 0 Å². The molecule has 1 heteroatoms. The summed E-state index contributed by atoms with van der Waals surface area (Å²) in [5, 5.41) is 13.6. The monoisotopic (exact) mass is 320 g/mol. The topological polar surface area (TPSA) is 20.2 Å².